The number of halogens is 2. The number of rotatable bonds is 6. The summed E-state index contributed by atoms with van der Waals surface area (Å²) in [5.74, 6) is -2.56. The molecule has 1 unspecified atom stereocenters. The molecule has 1 atom stereocenters. The van der Waals surface area contributed by atoms with Crippen molar-refractivity contribution in [3.63, 3.8) is 0 Å². The third-order valence-corrected chi connectivity index (χ3v) is 4.58. The van der Waals surface area contributed by atoms with Gasteiger partial charge < -0.3 is 15.4 Å². The van der Waals surface area contributed by atoms with Crippen LogP contribution in [-0.2, 0) is 16.0 Å². The summed E-state index contributed by atoms with van der Waals surface area (Å²) in [5.41, 5.74) is 1.87. The molecule has 172 valence electrons. The summed E-state index contributed by atoms with van der Waals surface area (Å²) in [7, 11) is 0. The van der Waals surface area contributed by atoms with Crippen LogP contribution in [0.3, 0.4) is 0 Å². The molecule has 1 aromatic heterocycles. The second kappa shape index (κ2) is 10.2. The van der Waals surface area contributed by atoms with Gasteiger partial charge in [-0.25, -0.2) is 13.6 Å². The fraction of sp³-hybridized carbons (Fsp3) is 0.240. The maximum Gasteiger partial charge on any atom is 0.408 e. The van der Waals surface area contributed by atoms with Gasteiger partial charge in [0, 0.05) is 24.5 Å². The summed E-state index contributed by atoms with van der Waals surface area (Å²) in [4.78, 5) is 29.4. The zero-order valence-electron chi connectivity index (χ0n) is 18.6. The molecule has 0 fully saturated rings. The lowest BCUT2D eigenvalue weighted by molar-refractivity contribution is -0.118. The topological polar surface area (TPSA) is 80.3 Å². The highest BCUT2D eigenvalue weighted by Crippen LogP contribution is 2.22. The fourth-order valence-electron chi connectivity index (χ4n) is 3.11. The third kappa shape index (κ3) is 7.10. The first-order chi connectivity index (χ1) is 15.6. The highest BCUT2D eigenvalue weighted by Gasteiger charge is 2.25. The number of hydrogen-bond donors (Lipinski definition) is 2. The monoisotopic (exact) mass is 453 g/mol. The van der Waals surface area contributed by atoms with E-state index in [-0.39, 0.29) is 6.42 Å². The molecule has 0 saturated heterocycles. The number of pyridine rings is 1. The van der Waals surface area contributed by atoms with Gasteiger partial charge in [0.1, 0.15) is 11.6 Å². The zero-order valence-corrected chi connectivity index (χ0v) is 18.6. The summed E-state index contributed by atoms with van der Waals surface area (Å²) in [6.07, 6.45) is 2.48. The molecule has 0 aliphatic rings. The van der Waals surface area contributed by atoms with E-state index in [4.69, 9.17) is 4.74 Å². The van der Waals surface area contributed by atoms with Gasteiger partial charge in [-0.2, -0.15) is 0 Å². The number of nitrogens with zero attached hydrogens (tertiary/aromatic N) is 1. The predicted molar refractivity (Wildman–Crippen MR) is 122 cm³/mol. The van der Waals surface area contributed by atoms with Gasteiger partial charge >= 0.3 is 6.09 Å². The molecule has 3 aromatic rings. The fourth-order valence-corrected chi connectivity index (χ4v) is 3.11. The Balaban J connectivity index is 1.80. The first-order valence-electron chi connectivity index (χ1n) is 10.4. The van der Waals surface area contributed by atoms with Crippen LogP contribution in [0.2, 0.25) is 0 Å². The van der Waals surface area contributed by atoms with Gasteiger partial charge in [0.2, 0.25) is 5.91 Å². The highest BCUT2D eigenvalue weighted by molar-refractivity contribution is 5.97. The van der Waals surface area contributed by atoms with Crippen LogP contribution in [0.4, 0.5) is 19.3 Å². The maximum absolute atomic E-state index is 13.7. The quantitative estimate of drug-likeness (QED) is 0.544. The van der Waals surface area contributed by atoms with Crippen LogP contribution in [0.15, 0.2) is 67.0 Å². The van der Waals surface area contributed by atoms with E-state index in [2.05, 4.69) is 15.6 Å². The van der Waals surface area contributed by atoms with Gasteiger partial charge in [0.25, 0.3) is 0 Å². The van der Waals surface area contributed by atoms with E-state index in [1.54, 1.807) is 51.4 Å². The normalized spacial score (nSPS) is 12.0. The Morgan fingerprint density at radius 2 is 1.70 bits per heavy atom. The number of carbonyl (C=O) groups is 2. The van der Waals surface area contributed by atoms with Crippen LogP contribution in [0.25, 0.3) is 11.1 Å². The number of amides is 2. The van der Waals surface area contributed by atoms with Gasteiger partial charge in [-0.15, -0.1) is 0 Å². The van der Waals surface area contributed by atoms with Gasteiger partial charge in [-0.1, -0.05) is 18.2 Å². The van der Waals surface area contributed by atoms with Crippen LogP contribution < -0.4 is 10.6 Å². The van der Waals surface area contributed by atoms with Crippen molar-refractivity contribution >= 4 is 17.7 Å². The Hall–Kier alpha value is -3.81. The molecule has 3 rings (SSSR count). The lowest BCUT2D eigenvalue weighted by Crippen LogP contribution is -2.47. The van der Waals surface area contributed by atoms with Crippen molar-refractivity contribution in [3.8, 4) is 11.1 Å². The van der Waals surface area contributed by atoms with E-state index in [0.29, 0.717) is 11.3 Å². The molecule has 0 radical (unpaired) electrons. The van der Waals surface area contributed by atoms with Crippen LogP contribution in [-0.4, -0.2) is 28.6 Å². The molecule has 0 spiro atoms. The Morgan fingerprint density at radius 3 is 2.36 bits per heavy atom. The van der Waals surface area contributed by atoms with Gasteiger partial charge in [0.05, 0.1) is 0 Å². The summed E-state index contributed by atoms with van der Waals surface area (Å²) in [6.45, 7) is 5.09. The third-order valence-electron chi connectivity index (χ3n) is 4.58. The Bertz CT molecular complexity index is 1130. The molecule has 1 heterocycles. The number of benzene rings is 2. The van der Waals surface area contributed by atoms with Crippen molar-refractivity contribution in [1.82, 2.24) is 10.3 Å². The van der Waals surface area contributed by atoms with Crippen molar-refractivity contribution < 1.29 is 23.1 Å². The number of aromatic nitrogens is 1. The molecule has 0 aliphatic heterocycles. The number of alkyl carbamates (subject to hydrolysis) is 1. The largest absolute Gasteiger partial charge is 0.444 e. The van der Waals surface area contributed by atoms with E-state index in [0.717, 1.165) is 23.3 Å². The molecule has 6 nitrogen and oxygen atoms in total. The lowest BCUT2D eigenvalue weighted by atomic mass is 10.0. The predicted octanol–water partition coefficient (Wildman–Crippen LogP) is 5.10. The van der Waals surface area contributed by atoms with Gasteiger partial charge in [-0.3, -0.25) is 9.78 Å². The van der Waals surface area contributed by atoms with E-state index in [9.17, 15) is 18.4 Å². The Labute approximate surface area is 191 Å². The van der Waals surface area contributed by atoms with Gasteiger partial charge in [-0.05, 0) is 73.9 Å². The standard InChI is InChI=1S/C25H25F2N3O3/c1-25(2,3)33-24(32)30-22(14-16-7-8-20(26)21(27)13-16)23(31)29-19-6-4-5-18(15-19)17-9-11-28-12-10-17/h4-13,15,22H,14H2,1-3H3,(H,29,31)(H,30,32). The Morgan fingerprint density at radius 1 is 0.970 bits per heavy atom. The summed E-state index contributed by atoms with van der Waals surface area (Å²) in [6, 6.07) is 13.1. The van der Waals surface area contributed by atoms with Crippen LogP contribution in [0, 0.1) is 11.6 Å². The SMILES string of the molecule is CC(C)(C)OC(=O)NC(Cc1ccc(F)c(F)c1)C(=O)Nc1cccc(-c2ccncc2)c1. The smallest absolute Gasteiger partial charge is 0.408 e. The number of carbonyl (C=O) groups excluding carboxylic acids is 2. The molecule has 2 aromatic carbocycles. The van der Waals surface area contributed by atoms with Crippen molar-refractivity contribution in [2.75, 3.05) is 5.32 Å². The minimum atomic E-state index is -1.09. The van der Waals surface area contributed by atoms with Crippen molar-refractivity contribution in [2.24, 2.45) is 0 Å². The second-order valence-corrected chi connectivity index (χ2v) is 8.46. The Kier molecular flexibility index (Phi) is 7.37. The lowest BCUT2D eigenvalue weighted by Gasteiger charge is -2.23. The van der Waals surface area contributed by atoms with Crippen LogP contribution in [0.5, 0.6) is 0 Å². The molecular weight excluding hydrogens is 428 g/mol. The van der Waals surface area contributed by atoms with E-state index < -0.39 is 35.3 Å². The summed E-state index contributed by atoms with van der Waals surface area (Å²) in [5, 5.41) is 5.30. The molecule has 0 saturated carbocycles. The molecule has 33 heavy (non-hydrogen) atoms. The summed E-state index contributed by atoms with van der Waals surface area (Å²) < 4.78 is 32.2. The molecular formula is C25H25F2N3O3. The first kappa shape index (κ1) is 23.8. The molecule has 8 heteroatoms. The number of nitrogens with one attached hydrogen (secondary N) is 2. The maximum atomic E-state index is 13.7. The molecule has 2 amide bonds. The highest BCUT2D eigenvalue weighted by atomic mass is 19.2. The number of ether oxygens (including phenoxy) is 1. The first-order valence-corrected chi connectivity index (χ1v) is 10.4. The van der Waals surface area contributed by atoms with Gasteiger partial charge in [0.15, 0.2) is 11.6 Å². The van der Waals surface area contributed by atoms with Crippen LogP contribution >= 0.6 is 0 Å². The second-order valence-electron chi connectivity index (χ2n) is 8.46. The minimum absolute atomic E-state index is 0.0632. The summed E-state index contributed by atoms with van der Waals surface area (Å²) >= 11 is 0. The van der Waals surface area contributed by atoms with Crippen LogP contribution in [0.1, 0.15) is 26.3 Å². The van der Waals surface area contributed by atoms with E-state index in [1.165, 1.54) is 6.07 Å². The average Bonchev–Trinajstić information content (AvgIpc) is 2.75. The molecule has 2 N–H and O–H groups in total. The zero-order chi connectivity index (χ0) is 24.0. The minimum Gasteiger partial charge on any atom is -0.444 e. The molecule has 0 bridgehead atoms. The van der Waals surface area contributed by atoms with Crippen molar-refractivity contribution in [2.45, 2.75) is 38.8 Å². The number of anilines is 1. The van der Waals surface area contributed by atoms with Crippen molar-refractivity contribution in [1.29, 1.82) is 0 Å². The van der Waals surface area contributed by atoms with Crippen molar-refractivity contribution in [3.05, 3.63) is 84.2 Å². The number of hydrogen-bond acceptors (Lipinski definition) is 4. The molecule has 0 aliphatic carbocycles. The average molecular weight is 453 g/mol. The van der Waals surface area contributed by atoms with E-state index in [1.807, 2.05) is 18.2 Å². The van der Waals surface area contributed by atoms with E-state index >= 15 is 0 Å².